The SMILES string of the molecule is Cc1cc(Cl)cc2sc(N(CCN(C)C)C(=O)CCCS(=O)(=O)c3ccc(F)cc3)nc12.Cl. The highest BCUT2D eigenvalue weighted by Crippen LogP contribution is 2.33. The van der Waals surface area contributed by atoms with Crippen LogP contribution in [0, 0.1) is 12.7 Å². The number of halogens is 3. The molecule has 0 saturated carbocycles. The van der Waals surface area contributed by atoms with E-state index in [-0.39, 0.29) is 41.8 Å². The van der Waals surface area contributed by atoms with Gasteiger partial charge in [-0.15, -0.1) is 12.4 Å². The number of nitrogens with zero attached hydrogens (tertiary/aromatic N) is 3. The van der Waals surface area contributed by atoms with Crippen LogP contribution >= 0.6 is 35.3 Å². The molecule has 33 heavy (non-hydrogen) atoms. The number of aromatic nitrogens is 1. The summed E-state index contributed by atoms with van der Waals surface area (Å²) in [6.45, 7) is 2.99. The average Bonchev–Trinajstić information content (AvgIpc) is 3.12. The molecular weight excluding hydrogens is 508 g/mol. The molecule has 3 aromatic rings. The van der Waals surface area contributed by atoms with Gasteiger partial charge < -0.3 is 4.90 Å². The van der Waals surface area contributed by atoms with E-state index in [1.165, 1.54) is 23.5 Å². The quantitative estimate of drug-likeness (QED) is 0.363. The third-order valence-corrected chi connectivity index (χ3v) is 7.98. The van der Waals surface area contributed by atoms with E-state index in [0.29, 0.717) is 23.2 Å². The lowest BCUT2D eigenvalue weighted by Gasteiger charge is -2.22. The molecule has 1 aromatic heterocycles. The zero-order valence-corrected chi connectivity index (χ0v) is 21.8. The molecule has 0 aliphatic carbocycles. The van der Waals surface area contributed by atoms with Crippen molar-refractivity contribution < 1.29 is 17.6 Å². The Kier molecular flexibility index (Phi) is 9.63. The molecule has 0 atom stereocenters. The van der Waals surface area contributed by atoms with Gasteiger partial charge in [-0.25, -0.2) is 17.8 Å². The van der Waals surface area contributed by atoms with Crippen LogP contribution in [0.25, 0.3) is 10.2 Å². The van der Waals surface area contributed by atoms with Crippen LogP contribution in [0.5, 0.6) is 0 Å². The van der Waals surface area contributed by atoms with E-state index in [1.807, 2.05) is 38.1 Å². The number of amides is 1. The van der Waals surface area contributed by atoms with Crippen LogP contribution in [-0.4, -0.2) is 57.1 Å². The second-order valence-corrected chi connectivity index (χ2v) is 11.3. The van der Waals surface area contributed by atoms with Gasteiger partial charge in [0.2, 0.25) is 5.91 Å². The number of carbonyl (C=O) groups excluding carboxylic acids is 1. The van der Waals surface area contributed by atoms with E-state index in [2.05, 4.69) is 4.98 Å². The summed E-state index contributed by atoms with van der Waals surface area (Å²) in [6.07, 6.45) is 0.219. The second kappa shape index (κ2) is 11.6. The molecule has 0 bridgehead atoms. The Balaban J connectivity index is 0.00000385. The number of anilines is 1. The van der Waals surface area contributed by atoms with Crippen LogP contribution in [0.1, 0.15) is 18.4 Å². The average molecular weight is 535 g/mol. The highest BCUT2D eigenvalue weighted by atomic mass is 35.5. The van der Waals surface area contributed by atoms with Crippen molar-refractivity contribution >= 4 is 66.4 Å². The number of sulfone groups is 1. The Labute approximate surface area is 208 Å². The molecule has 1 amide bonds. The van der Waals surface area contributed by atoms with Crippen molar-refractivity contribution in [3.05, 3.63) is 52.8 Å². The van der Waals surface area contributed by atoms with E-state index >= 15 is 0 Å². The summed E-state index contributed by atoms with van der Waals surface area (Å²) in [5.41, 5.74) is 1.73. The Morgan fingerprint density at radius 2 is 1.82 bits per heavy atom. The third kappa shape index (κ3) is 7.10. The molecule has 0 unspecified atom stereocenters. The molecule has 180 valence electrons. The lowest BCUT2D eigenvalue weighted by molar-refractivity contribution is -0.118. The standard InChI is InChI=1S/C22H25ClFN3O3S2.ClH/c1-15-13-16(23)14-19-21(15)25-22(31-19)27(11-10-26(2)3)20(28)5-4-12-32(29,30)18-8-6-17(24)7-9-18;/h6-9,13-14H,4-5,10-12H2,1-3H3;1H. The minimum Gasteiger partial charge on any atom is -0.308 e. The number of benzene rings is 2. The topological polar surface area (TPSA) is 70.6 Å². The Morgan fingerprint density at radius 3 is 2.45 bits per heavy atom. The van der Waals surface area contributed by atoms with Crippen molar-refractivity contribution in [1.29, 1.82) is 0 Å². The number of thiazole rings is 1. The van der Waals surface area contributed by atoms with E-state index in [4.69, 9.17) is 11.6 Å². The monoisotopic (exact) mass is 533 g/mol. The molecule has 0 fully saturated rings. The highest BCUT2D eigenvalue weighted by Gasteiger charge is 2.22. The first kappa shape index (κ1) is 27.5. The smallest absolute Gasteiger partial charge is 0.228 e. The summed E-state index contributed by atoms with van der Waals surface area (Å²) in [5.74, 6) is -0.882. The maximum absolute atomic E-state index is 13.1. The predicted octanol–water partition coefficient (Wildman–Crippen LogP) is 4.97. The number of aryl methyl sites for hydroxylation is 1. The van der Waals surface area contributed by atoms with Gasteiger partial charge in [-0.05, 0) is 69.4 Å². The molecule has 0 radical (unpaired) electrons. The van der Waals surface area contributed by atoms with Crippen molar-refractivity contribution in [3.63, 3.8) is 0 Å². The van der Waals surface area contributed by atoms with Gasteiger partial charge in [0, 0.05) is 24.5 Å². The molecule has 0 aliphatic rings. The fourth-order valence-corrected chi connectivity index (χ4v) is 5.97. The first-order valence-electron chi connectivity index (χ1n) is 10.1. The largest absolute Gasteiger partial charge is 0.308 e. The van der Waals surface area contributed by atoms with Gasteiger partial charge in [0.1, 0.15) is 5.82 Å². The molecule has 6 nitrogen and oxygen atoms in total. The van der Waals surface area contributed by atoms with Gasteiger partial charge in [-0.2, -0.15) is 0 Å². The lowest BCUT2D eigenvalue weighted by Crippen LogP contribution is -2.36. The van der Waals surface area contributed by atoms with Crippen LogP contribution in [0.15, 0.2) is 41.3 Å². The fraction of sp³-hybridized carbons (Fsp3) is 0.364. The van der Waals surface area contributed by atoms with Crippen LogP contribution in [-0.2, 0) is 14.6 Å². The van der Waals surface area contributed by atoms with Crippen molar-refractivity contribution in [2.45, 2.75) is 24.7 Å². The minimum absolute atomic E-state index is 0. The summed E-state index contributed by atoms with van der Waals surface area (Å²) in [6, 6.07) is 8.37. The highest BCUT2D eigenvalue weighted by molar-refractivity contribution is 7.91. The third-order valence-electron chi connectivity index (χ3n) is 4.92. The summed E-state index contributed by atoms with van der Waals surface area (Å²) < 4.78 is 38.9. The molecule has 0 aliphatic heterocycles. The van der Waals surface area contributed by atoms with Crippen LogP contribution in [0.3, 0.4) is 0 Å². The first-order chi connectivity index (χ1) is 15.1. The normalized spacial score (nSPS) is 11.6. The molecule has 3 rings (SSSR count). The maximum atomic E-state index is 13.1. The zero-order chi connectivity index (χ0) is 23.5. The number of carbonyl (C=O) groups is 1. The lowest BCUT2D eigenvalue weighted by atomic mass is 10.2. The summed E-state index contributed by atoms with van der Waals surface area (Å²) in [5, 5.41) is 1.18. The Bertz CT molecular complexity index is 1220. The van der Waals surface area contributed by atoms with E-state index in [9.17, 15) is 17.6 Å². The Morgan fingerprint density at radius 1 is 1.15 bits per heavy atom. The van der Waals surface area contributed by atoms with Crippen molar-refractivity contribution in [1.82, 2.24) is 9.88 Å². The summed E-state index contributed by atoms with van der Waals surface area (Å²) in [7, 11) is 0.241. The van der Waals surface area contributed by atoms with Crippen molar-refractivity contribution in [3.8, 4) is 0 Å². The van der Waals surface area contributed by atoms with Gasteiger partial charge in [0.05, 0.1) is 20.9 Å². The minimum atomic E-state index is -3.59. The van der Waals surface area contributed by atoms with Crippen LogP contribution in [0.2, 0.25) is 5.02 Å². The predicted molar refractivity (Wildman–Crippen MR) is 135 cm³/mol. The molecular formula is C22H26Cl2FN3O3S2. The van der Waals surface area contributed by atoms with Gasteiger partial charge in [0.25, 0.3) is 0 Å². The van der Waals surface area contributed by atoms with Gasteiger partial charge in [0.15, 0.2) is 15.0 Å². The molecule has 11 heteroatoms. The second-order valence-electron chi connectivity index (χ2n) is 7.79. The molecule has 2 aromatic carbocycles. The number of fused-ring (bicyclic) bond motifs is 1. The van der Waals surface area contributed by atoms with E-state index in [1.54, 1.807) is 4.90 Å². The van der Waals surface area contributed by atoms with Crippen molar-refractivity contribution in [2.75, 3.05) is 37.8 Å². The molecule has 0 spiro atoms. The molecule has 0 N–H and O–H groups in total. The Hall–Kier alpha value is -1.78. The van der Waals surface area contributed by atoms with Gasteiger partial charge in [-0.1, -0.05) is 22.9 Å². The summed E-state index contributed by atoms with van der Waals surface area (Å²) >= 11 is 7.55. The molecule has 0 saturated heterocycles. The van der Waals surface area contributed by atoms with Gasteiger partial charge >= 0.3 is 0 Å². The molecule has 1 heterocycles. The number of likely N-dealkylation sites (N-methyl/N-ethyl adjacent to an activating group) is 1. The van der Waals surface area contributed by atoms with Crippen LogP contribution in [0.4, 0.5) is 9.52 Å². The fourth-order valence-electron chi connectivity index (χ4n) is 3.19. The first-order valence-corrected chi connectivity index (χ1v) is 12.9. The zero-order valence-electron chi connectivity index (χ0n) is 18.5. The summed E-state index contributed by atoms with van der Waals surface area (Å²) in [4.78, 5) is 21.3. The van der Waals surface area contributed by atoms with Gasteiger partial charge in [-0.3, -0.25) is 9.69 Å². The van der Waals surface area contributed by atoms with Crippen molar-refractivity contribution in [2.24, 2.45) is 0 Å². The number of hydrogen-bond donors (Lipinski definition) is 0. The number of hydrogen-bond acceptors (Lipinski definition) is 6. The van der Waals surface area contributed by atoms with E-state index in [0.717, 1.165) is 27.9 Å². The maximum Gasteiger partial charge on any atom is 0.228 e. The van der Waals surface area contributed by atoms with Crippen LogP contribution < -0.4 is 4.90 Å². The van der Waals surface area contributed by atoms with E-state index < -0.39 is 15.7 Å². The number of rotatable bonds is 9.